The molecule has 3 heterocycles. The van der Waals surface area contributed by atoms with Crippen molar-refractivity contribution in [2.45, 2.75) is 45.2 Å². The summed E-state index contributed by atoms with van der Waals surface area (Å²) in [6.07, 6.45) is 6.23. The molecule has 0 spiro atoms. The molecular formula is C31H34N2OS. The summed E-state index contributed by atoms with van der Waals surface area (Å²) in [4.78, 5) is 6.43. The third kappa shape index (κ3) is 5.16. The van der Waals surface area contributed by atoms with Gasteiger partial charge in [-0.15, -0.1) is 11.3 Å². The second-order valence-corrected chi connectivity index (χ2v) is 11.3. The van der Waals surface area contributed by atoms with E-state index in [0.29, 0.717) is 5.75 Å². The van der Waals surface area contributed by atoms with Gasteiger partial charge in [-0.1, -0.05) is 48.5 Å². The number of hydrogen-bond donors (Lipinski definition) is 1. The van der Waals surface area contributed by atoms with Gasteiger partial charge >= 0.3 is 0 Å². The first-order valence-corrected chi connectivity index (χ1v) is 13.9. The Bertz CT molecular complexity index is 1280. The minimum atomic E-state index is 0.337. The zero-order valence-corrected chi connectivity index (χ0v) is 21.2. The third-order valence-corrected chi connectivity index (χ3v) is 8.85. The number of nitrogens with zero attached hydrogens (tertiary/aromatic N) is 2. The van der Waals surface area contributed by atoms with Gasteiger partial charge in [-0.3, -0.25) is 9.80 Å². The Hall–Kier alpha value is -2.66. The number of fused-ring (bicyclic) bond motifs is 1. The average molecular weight is 483 g/mol. The number of likely N-dealkylation sites (tertiary alicyclic amines) is 2. The van der Waals surface area contributed by atoms with Gasteiger partial charge < -0.3 is 5.11 Å². The van der Waals surface area contributed by atoms with Crippen molar-refractivity contribution in [1.82, 2.24) is 9.80 Å². The summed E-state index contributed by atoms with van der Waals surface area (Å²) in [5, 5.41) is 11.4. The Kier molecular flexibility index (Phi) is 6.60. The lowest BCUT2D eigenvalue weighted by Crippen LogP contribution is -2.18. The summed E-state index contributed by atoms with van der Waals surface area (Å²) >= 11 is 1.80. The second kappa shape index (κ2) is 10.1. The van der Waals surface area contributed by atoms with Gasteiger partial charge in [-0.25, -0.2) is 0 Å². The first-order chi connectivity index (χ1) is 17.2. The number of rotatable bonds is 7. The summed E-state index contributed by atoms with van der Waals surface area (Å²) in [5.41, 5.74) is 6.78. The monoisotopic (exact) mass is 482 g/mol. The molecule has 0 saturated carbocycles. The van der Waals surface area contributed by atoms with E-state index in [1.165, 1.54) is 89.9 Å². The molecule has 0 unspecified atom stereocenters. The Balaban J connectivity index is 1.27. The van der Waals surface area contributed by atoms with E-state index >= 15 is 0 Å². The topological polar surface area (TPSA) is 26.7 Å². The largest absolute Gasteiger partial charge is 0.508 e. The number of thiophene rings is 1. The first kappa shape index (κ1) is 22.8. The number of hydrogen-bond acceptors (Lipinski definition) is 4. The molecule has 6 rings (SSSR count). The maximum atomic E-state index is 10.1. The van der Waals surface area contributed by atoms with E-state index < -0.39 is 0 Å². The molecule has 4 heteroatoms. The van der Waals surface area contributed by atoms with Gasteiger partial charge in [0.2, 0.25) is 0 Å². The van der Waals surface area contributed by atoms with Crippen LogP contribution in [0.4, 0.5) is 0 Å². The lowest BCUT2D eigenvalue weighted by molar-refractivity contribution is 0.331. The highest BCUT2D eigenvalue weighted by molar-refractivity contribution is 7.22. The Labute approximate surface area is 212 Å². The fourth-order valence-corrected chi connectivity index (χ4v) is 6.93. The van der Waals surface area contributed by atoms with Crippen molar-refractivity contribution in [3.05, 3.63) is 89.0 Å². The summed E-state index contributed by atoms with van der Waals surface area (Å²) < 4.78 is 1.15. The van der Waals surface area contributed by atoms with Crippen molar-refractivity contribution in [3.8, 4) is 16.2 Å². The van der Waals surface area contributed by atoms with Gasteiger partial charge in [0.05, 0.1) is 0 Å². The molecule has 35 heavy (non-hydrogen) atoms. The van der Waals surface area contributed by atoms with Crippen LogP contribution >= 0.6 is 11.3 Å². The van der Waals surface area contributed by atoms with Crippen molar-refractivity contribution < 1.29 is 5.11 Å². The Morgan fingerprint density at radius 3 is 1.80 bits per heavy atom. The van der Waals surface area contributed by atoms with E-state index in [4.69, 9.17) is 0 Å². The molecule has 2 saturated heterocycles. The SMILES string of the molecule is Oc1ccc2c(Cc3ccc(CN4CCCC4)cc3)c(-c3ccc(CN4CCCC4)cc3)sc2c1. The van der Waals surface area contributed by atoms with Crippen LogP contribution < -0.4 is 0 Å². The summed E-state index contributed by atoms with van der Waals surface area (Å²) in [5.74, 6) is 0.337. The van der Waals surface area contributed by atoms with Gasteiger partial charge in [-0.2, -0.15) is 0 Å². The molecule has 1 aromatic heterocycles. The molecule has 2 aliphatic rings. The zero-order valence-electron chi connectivity index (χ0n) is 20.4. The van der Waals surface area contributed by atoms with Crippen LogP contribution in [0.25, 0.3) is 20.5 Å². The maximum Gasteiger partial charge on any atom is 0.117 e. The van der Waals surface area contributed by atoms with Crippen LogP contribution in [0.15, 0.2) is 66.7 Å². The molecule has 0 radical (unpaired) electrons. The average Bonchev–Trinajstić information content (AvgIpc) is 3.63. The standard InChI is InChI=1S/C31H34N2OS/c34-27-13-14-28-29(19-23-5-7-24(8-6-23)21-32-15-1-2-16-32)31(35-30(28)20-27)26-11-9-25(10-12-26)22-33-17-3-4-18-33/h5-14,20,34H,1-4,15-19,21-22H2. The van der Waals surface area contributed by atoms with Crippen LogP contribution in [-0.2, 0) is 19.5 Å². The van der Waals surface area contributed by atoms with Crippen LogP contribution in [-0.4, -0.2) is 41.1 Å². The van der Waals surface area contributed by atoms with Crippen molar-refractivity contribution in [3.63, 3.8) is 0 Å². The Morgan fingerprint density at radius 2 is 1.20 bits per heavy atom. The minimum Gasteiger partial charge on any atom is -0.508 e. The van der Waals surface area contributed by atoms with Crippen LogP contribution in [0.2, 0.25) is 0 Å². The van der Waals surface area contributed by atoms with E-state index in [9.17, 15) is 5.11 Å². The molecular weight excluding hydrogens is 448 g/mol. The van der Waals surface area contributed by atoms with Gasteiger partial charge in [0, 0.05) is 22.7 Å². The van der Waals surface area contributed by atoms with Gasteiger partial charge in [0.25, 0.3) is 0 Å². The fraction of sp³-hybridized carbons (Fsp3) is 0.355. The van der Waals surface area contributed by atoms with Crippen LogP contribution in [0, 0.1) is 0 Å². The Morgan fingerprint density at radius 1 is 0.657 bits per heavy atom. The van der Waals surface area contributed by atoms with E-state index in [0.717, 1.165) is 24.2 Å². The van der Waals surface area contributed by atoms with E-state index in [1.54, 1.807) is 11.3 Å². The van der Waals surface area contributed by atoms with Crippen LogP contribution in [0.1, 0.15) is 47.9 Å². The number of aromatic hydroxyl groups is 1. The highest BCUT2D eigenvalue weighted by Gasteiger charge is 2.17. The second-order valence-electron chi connectivity index (χ2n) is 10.2. The number of phenols is 1. The van der Waals surface area contributed by atoms with E-state index in [1.807, 2.05) is 12.1 Å². The molecule has 4 aromatic rings. The predicted molar refractivity (Wildman–Crippen MR) is 147 cm³/mol. The highest BCUT2D eigenvalue weighted by Crippen LogP contribution is 2.41. The number of phenolic OH excluding ortho intramolecular Hbond substituents is 1. The minimum absolute atomic E-state index is 0.337. The maximum absolute atomic E-state index is 10.1. The molecule has 0 bridgehead atoms. The van der Waals surface area contributed by atoms with Crippen molar-refractivity contribution in [2.24, 2.45) is 0 Å². The van der Waals surface area contributed by atoms with Crippen LogP contribution in [0.3, 0.4) is 0 Å². The van der Waals surface area contributed by atoms with Crippen LogP contribution in [0.5, 0.6) is 5.75 Å². The molecule has 1 N–H and O–H groups in total. The summed E-state index contributed by atoms with van der Waals surface area (Å²) in [6.45, 7) is 7.03. The highest BCUT2D eigenvalue weighted by atomic mass is 32.1. The molecule has 180 valence electrons. The normalized spacial score (nSPS) is 17.0. The van der Waals surface area contributed by atoms with E-state index in [2.05, 4.69) is 64.4 Å². The summed E-state index contributed by atoms with van der Waals surface area (Å²) in [6, 6.07) is 24.2. The van der Waals surface area contributed by atoms with Gasteiger partial charge in [-0.05, 0) is 110 Å². The molecule has 0 amide bonds. The fourth-order valence-electron chi connectivity index (χ4n) is 5.67. The molecule has 3 aromatic carbocycles. The van der Waals surface area contributed by atoms with Crippen molar-refractivity contribution in [1.29, 1.82) is 0 Å². The molecule has 2 aliphatic heterocycles. The third-order valence-electron chi connectivity index (χ3n) is 7.61. The lowest BCUT2D eigenvalue weighted by Gasteiger charge is -2.15. The van der Waals surface area contributed by atoms with Gasteiger partial charge in [0.1, 0.15) is 5.75 Å². The van der Waals surface area contributed by atoms with Gasteiger partial charge in [0.15, 0.2) is 0 Å². The van der Waals surface area contributed by atoms with Crippen molar-refractivity contribution in [2.75, 3.05) is 26.2 Å². The smallest absolute Gasteiger partial charge is 0.117 e. The molecule has 0 atom stereocenters. The van der Waals surface area contributed by atoms with Crippen molar-refractivity contribution >= 4 is 21.4 Å². The molecule has 2 fully saturated rings. The van der Waals surface area contributed by atoms with E-state index in [-0.39, 0.29) is 0 Å². The first-order valence-electron chi connectivity index (χ1n) is 13.1. The predicted octanol–water partition coefficient (Wildman–Crippen LogP) is 7.06. The lowest BCUT2D eigenvalue weighted by atomic mass is 9.97. The number of benzene rings is 3. The molecule has 3 nitrogen and oxygen atoms in total. The molecule has 0 aliphatic carbocycles. The quantitative estimate of drug-likeness (QED) is 0.306. The summed E-state index contributed by atoms with van der Waals surface area (Å²) in [7, 11) is 0. The zero-order chi connectivity index (χ0) is 23.6.